The number of carbonyl (C=O) groups is 1. The average Bonchev–Trinajstić information content (AvgIpc) is 2.82. The lowest BCUT2D eigenvalue weighted by atomic mass is 9.89. The van der Waals surface area contributed by atoms with Crippen molar-refractivity contribution in [2.24, 2.45) is 5.92 Å². The number of carbonyl (C=O) groups excluding carboxylic acids is 1. The molecule has 1 heterocycles. The number of rotatable bonds is 2. The van der Waals surface area contributed by atoms with Crippen molar-refractivity contribution >= 4 is 23.2 Å². The first-order valence-corrected chi connectivity index (χ1v) is 6.13. The van der Waals surface area contributed by atoms with Crippen molar-refractivity contribution in [3.05, 3.63) is 12.7 Å². The minimum Gasteiger partial charge on any atom is -0.302 e. The van der Waals surface area contributed by atoms with Gasteiger partial charge in [-0.05, 0) is 25.1 Å². The van der Waals surface area contributed by atoms with E-state index >= 15 is 0 Å². The van der Waals surface area contributed by atoms with Crippen molar-refractivity contribution in [1.29, 1.82) is 0 Å². The maximum absolute atomic E-state index is 11.9. The zero-order valence-corrected chi connectivity index (χ0v) is 10.2. The van der Waals surface area contributed by atoms with Gasteiger partial charge in [-0.25, -0.2) is 4.68 Å². The number of amides is 1. The van der Waals surface area contributed by atoms with Gasteiger partial charge in [-0.3, -0.25) is 10.2 Å². The normalized spacial score (nSPS) is 16.5. The lowest BCUT2D eigenvalue weighted by Crippen LogP contribution is -2.41. The van der Waals surface area contributed by atoms with E-state index < -0.39 is 0 Å². The molecule has 1 amide bonds. The molecule has 1 aromatic heterocycles. The molecule has 0 atom stereocenters. The number of hydrogen-bond donors (Lipinski definition) is 2. The lowest BCUT2D eigenvalue weighted by Gasteiger charge is -2.21. The molecule has 0 aromatic carbocycles. The highest BCUT2D eigenvalue weighted by Crippen LogP contribution is 2.23. The molecule has 0 spiro atoms. The van der Waals surface area contributed by atoms with E-state index in [-0.39, 0.29) is 16.9 Å². The van der Waals surface area contributed by atoms with Gasteiger partial charge in [-0.15, -0.1) is 10.2 Å². The molecule has 0 unspecified atom stereocenters. The highest BCUT2D eigenvalue weighted by atomic mass is 32.1. The van der Waals surface area contributed by atoms with Crippen LogP contribution < -0.4 is 10.7 Å². The molecule has 1 saturated carbocycles. The molecule has 7 heteroatoms. The topological polar surface area (TPSA) is 71.8 Å². The molecule has 0 bridgehead atoms. The fourth-order valence-electron chi connectivity index (χ4n) is 1.98. The third-order valence-electron chi connectivity index (χ3n) is 2.86. The van der Waals surface area contributed by atoms with E-state index in [1.807, 2.05) is 0 Å². The number of nitrogens with one attached hydrogen (secondary N) is 2. The van der Waals surface area contributed by atoms with Crippen LogP contribution in [0, 0.1) is 5.92 Å². The second kappa shape index (κ2) is 5.72. The van der Waals surface area contributed by atoms with Crippen LogP contribution in [0.25, 0.3) is 0 Å². The number of nitrogens with zero attached hydrogens (tertiary/aromatic N) is 3. The highest BCUT2D eigenvalue weighted by molar-refractivity contribution is 7.80. The maximum atomic E-state index is 11.9. The summed E-state index contributed by atoms with van der Waals surface area (Å²) in [5.74, 6) is 0.111. The van der Waals surface area contributed by atoms with E-state index in [1.165, 1.54) is 23.8 Å². The van der Waals surface area contributed by atoms with Crippen LogP contribution in [0.15, 0.2) is 12.7 Å². The van der Waals surface area contributed by atoms with Gasteiger partial charge in [0, 0.05) is 5.92 Å². The van der Waals surface area contributed by atoms with Crippen LogP contribution in [0.4, 0.5) is 0 Å². The summed E-state index contributed by atoms with van der Waals surface area (Å²) >= 11 is 5.03. The van der Waals surface area contributed by atoms with Crippen LogP contribution in [0.1, 0.15) is 32.1 Å². The van der Waals surface area contributed by atoms with Gasteiger partial charge in [-0.1, -0.05) is 19.3 Å². The average molecular weight is 253 g/mol. The minimum absolute atomic E-state index is 0.00951. The summed E-state index contributed by atoms with van der Waals surface area (Å²) in [7, 11) is 0. The second-order valence-corrected chi connectivity index (χ2v) is 4.54. The summed E-state index contributed by atoms with van der Waals surface area (Å²) in [5, 5.41) is 10.2. The van der Waals surface area contributed by atoms with Gasteiger partial charge in [0.2, 0.25) is 5.91 Å². The predicted molar refractivity (Wildman–Crippen MR) is 66.7 cm³/mol. The monoisotopic (exact) mass is 253 g/mol. The van der Waals surface area contributed by atoms with Crippen LogP contribution >= 0.6 is 12.2 Å². The zero-order valence-electron chi connectivity index (χ0n) is 9.43. The standard InChI is InChI=1S/C10H15N5OS/c16-9(8-4-2-1-3-5-8)13-10(17)14-15-6-11-12-7-15/h6-8H,1-5H2,(H2,13,14,16,17). The summed E-state index contributed by atoms with van der Waals surface area (Å²) in [5.41, 5.74) is 2.78. The van der Waals surface area contributed by atoms with Crippen molar-refractivity contribution in [3.8, 4) is 0 Å². The second-order valence-electron chi connectivity index (χ2n) is 4.13. The first-order chi connectivity index (χ1) is 8.25. The first kappa shape index (κ1) is 12.0. The first-order valence-electron chi connectivity index (χ1n) is 5.72. The van der Waals surface area contributed by atoms with Gasteiger partial charge < -0.3 is 5.32 Å². The molecule has 1 fully saturated rings. The Bertz CT molecular complexity index is 385. The summed E-state index contributed by atoms with van der Waals surface area (Å²) in [6.45, 7) is 0. The Balaban J connectivity index is 1.79. The summed E-state index contributed by atoms with van der Waals surface area (Å²) in [6, 6.07) is 0. The van der Waals surface area contributed by atoms with E-state index in [9.17, 15) is 4.79 Å². The molecule has 17 heavy (non-hydrogen) atoms. The van der Waals surface area contributed by atoms with Gasteiger partial charge in [0.05, 0.1) is 0 Å². The molecule has 6 nitrogen and oxygen atoms in total. The Labute approximate surface area is 105 Å². The fraction of sp³-hybridized carbons (Fsp3) is 0.600. The Hall–Kier alpha value is -1.50. The van der Waals surface area contributed by atoms with Gasteiger partial charge in [0.1, 0.15) is 12.7 Å². The molecular formula is C10H15N5OS. The minimum atomic E-state index is 0.00951. The summed E-state index contributed by atoms with van der Waals surface area (Å²) < 4.78 is 1.49. The van der Waals surface area contributed by atoms with Gasteiger partial charge in [-0.2, -0.15) is 0 Å². The molecule has 1 aromatic rings. The summed E-state index contributed by atoms with van der Waals surface area (Å²) in [6.07, 6.45) is 8.35. The smallest absolute Gasteiger partial charge is 0.229 e. The van der Waals surface area contributed by atoms with Crippen LogP contribution in [-0.4, -0.2) is 25.9 Å². The molecule has 0 aliphatic heterocycles. The Kier molecular flexibility index (Phi) is 4.03. The van der Waals surface area contributed by atoms with Crippen LogP contribution in [-0.2, 0) is 4.79 Å². The van der Waals surface area contributed by atoms with E-state index in [4.69, 9.17) is 12.2 Å². The molecule has 2 N–H and O–H groups in total. The SMILES string of the molecule is O=C(NC(=S)Nn1cnnc1)C1CCCCC1. The van der Waals surface area contributed by atoms with Crippen molar-refractivity contribution in [3.63, 3.8) is 0 Å². The van der Waals surface area contributed by atoms with Crippen molar-refractivity contribution < 1.29 is 4.79 Å². The highest BCUT2D eigenvalue weighted by Gasteiger charge is 2.21. The molecular weight excluding hydrogens is 238 g/mol. The molecule has 1 aliphatic carbocycles. The van der Waals surface area contributed by atoms with Crippen molar-refractivity contribution in [2.45, 2.75) is 32.1 Å². The van der Waals surface area contributed by atoms with Gasteiger partial charge >= 0.3 is 0 Å². The molecule has 2 rings (SSSR count). The Morgan fingerprint density at radius 1 is 1.24 bits per heavy atom. The van der Waals surface area contributed by atoms with Crippen LogP contribution in [0.3, 0.4) is 0 Å². The van der Waals surface area contributed by atoms with E-state index in [1.54, 1.807) is 0 Å². The Morgan fingerprint density at radius 3 is 2.53 bits per heavy atom. The third-order valence-corrected chi connectivity index (χ3v) is 3.06. The zero-order chi connectivity index (χ0) is 12.1. The van der Waals surface area contributed by atoms with E-state index in [2.05, 4.69) is 20.9 Å². The van der Waals surface area contributed by atoms with Crippen LogP contribution in [0.2, 0.25) is 0 Å². The van der Waals surface area contributed by atoms with E-state index in [0.717, 1.165) is 25.7 Å². The summed E-state index contributed by atoms with van der Waals surface area (Å²) in [4.78, 5) is 11.9. The number of thiocarbonyl (C=S) groups is 1. The van der Waals surface area contributed by atoms with Gasteiger partial charge in [0.25, 0.3) is 0 Å². The molecule has 0 radical (unpaired) electrons. The van der Waals surface area contributed by atoms with Gasteiger partial charge in [0.15, 0.2) is 5.11 Å². The number of aromatic nitrogens is 3. The quantitative estimate of drug-likeness (QED) is 0.763. The van der Waals surface area contributed by atoms with E-state index in [0.29, 0.717) is 0 Å². The van der Waals surface area contributed by atoms with Crippen molar-refractivity contribution in [1.82, 2.24) is 20.2 Å². The fourth-order valence-corrected chi connectivity index (χ4v) is 2.19. The Morgan fingerprint density at radius 2 is 1.88 bits per heavy atom. The number of hydrogen-bond acceptors (Lipinski definition) is 4. The molecule has 1 aliphatic rings. The lowest BCUT2D eigenvalue weighted by molar-refractivity contribution is -0.124. The molecule has 0 saturated heterocycles. The predicted octanol–water partition coefficient (Wildman–Crippen LogP) is 0.803. The molecule has 92 valence electrons. The van der Waals surface area contributed by atoms with Crippen LogP contribution in [0.5, 0.6) is 0 Å². The third kappa shape index (κ3) is 3.48. The maximum Gasteiger partial charge on any atom is 0.229 e. The van der Waals surface area contributed by atoms with Crippen molar-refractivity contribution in [2.75, 3.05) is 5.43 Å². The largest absolute Gasteiger partial charge is 0.302 e.